The Balaban J connectivity index is 1.60. The van der Waals surface area contributed by atoms with Crippen LogP contribution < -0.4 is 10.6 Å². The summed E-state index contributed by atoms with van der Waals surface area (Å²) in [6.07, 6.45) is 2.44. The van der Waals surface area contributed by atoms with Crippen molar-refractivity contribution in [2.24, 2.45) is 0 Å². The van der Waals surface area contributed by atoms with Crippen molar-refractivity contribution in [1.29, 1.82) is 0 Å². The molecule has 1 aliphatic heterocycles. The van der Waals surface area contributed by atoms with Crippen molar-refractivity contribution in [3.05, 3.63) is 58.9 Å². The molecule has 2 aromatic rings. The third-order valence-electron chi connectivity index (χ3n) is 3.89. The van der Waals surface area contributed by atoms with Gasteiger partial charge in [-0.25, -0.2) is 4.39 Å². The van der Waals surface area contributed by atoms with E-state index in [9.17, 15) is 9.18 Å². The van der Waals surface area contributed by atoms with Crippen LogP contribution in [0.1, 0.15) is 23.2 Å². The average Bonchev–Trinajstić information content (AvgIpc) is 3.07. The van der Waals surface area contributed by atoms with Crippen molar-refractivity contribution in [3.8, 4) is 0 Å². The summed E-state index contributed by atoms with van der Waals surface area (Å²) in [7, 11) is 0. The quantitative estimate of drug-likeness (QED) is 0.846. The van der Waals surface area contributed by atoms with E-state index in [1.807, 2.05) is 12.1 Å². The number of rotatable bonds is 5. The molecule has 0 saturated carbocycles. The molecule has 4 nitrogen and oxygen atoms in total. The minimum Gasteiger partial charge on any atom is -0.382 e. The second-order valence-corrected chi connectivity index (χ2v) is 6.05. The van der Waals surface area contributed by atoms with Gasteiger partial charge >= 0.3 is 0 Å². The van der Waals surface area contributed by atoms with Crippen molar-refractivity contribution in [3.63, 3.8) is 0 Å². The maximum atomic E-state index is 13.7. The van der Waals surface area contributed by atoms with E-state index in [1.165, 1.54) is 18.2 Å². The van der Waals surface area contributed by atoms with Crippen LogP contribution in [-0.2, 0) is 4.74 Å². The molecule has 0 aromatic heterocycles. The predicted octanol–water partition coefficient (Wildman–Crippen LogP) is 4.32. The zero-order valence-electron chi connectivity index (χ0n) is 13.0. The fourth-order valence-electron chi connectivity index (χ4n) is 2.62. The summed E-state index contributed by atoms with van der Waals surface area (Å²) in [5, 5.41) is 6.03. The number of amides is 1. The van der Waals surface area contributed by atoms with Gasteiger partial charge in [-0.1, -0.05) is 17.7 Å². The van der Waals surface area contributed by atoms with Gasteiger partial charge in [0.1, 0.15) is 5.82 Å². The van der Waals surface area contributed by atoms with Crippen LogP contribution in [-0.4, -0.2) is 25.2 Å². The molecule has 1 aliphatic rings. The molecule has 0 bridgehead atoms. The molecule has 1 atom stereocenters. The highest BCUT2D eigenvalue weighted by Crippen LogP contribution is 2.21. The van der Waals surface area contributed by atoms with Gasteiger partial charge in [-0.2, -0.15) is 0 Å². The SMILES string of the molecule is O=C(Nc1ccc(NCC2CCCO2)cc1)c1c(F)cccc1Cl. The van der Waals surface area contributed by atoms with Gasteiger partial charge in [-0.05, 0) is 49.2 Å². The molecule has 0 radical (unpaired) electrons. The van der Waals surface area contributed by atoms with E-state index >= 15 is 0 Å². The summed E-state index contributed by atoms with van der Waals surface area (Å²) in [4.78, 5) is 12.2. The lowest BCUT2D eigenvalue weighted by atomic mass is 10.2. The molecule has 0 aliphatic carbocycles. The van der Waals surface area contributed by atoms with Crippen LogP contribution in [0.25, 0.3) is 0 Å². The number of carbonyl (C=O) groups is 1. The van der Waals surface area contributed by atoms with Crippen LogP contribution in [0.2, 0.25) is 5.02 Å². The highest BCUT2D eigenvalue weighted by molar-refractivity contribution is 6.34. The third-order valence-corrected chi connectivity index (χ3v) is 4.21. The van der Waals surface area contributed by atoms with Gasteiger partial charge in [-0.15, -0.1) is 0 Å². The highest BCUT2D eigenvalue weighted by atomic mass is 35.5. The first-order valence-electron chi connectivity index (χ1n) is 7.84. The molecular formula is C18H18ClFN2O2. The Labute approximate surface area is 145 Å². The van der Waals surface area contributed by atoms with Crippen LogP contribution in [0.4, 0.5) is 15.8 Å². The summed E-state index contributed by atoms with van der Waals surface area (Å²) in [6, 6.07) is 11.4. The standard InChI is InChI=1S/C18H18ClFN2O2/c19-15-4-1-5-16(20)17(15)18(23)22-13-8-6-12(7-9-13)21-11-14-3-2-10-24-14/h1,4-9,14,21H,2-3,10-11H2,(H,22,23). The van der Waals surface area contributed by atoms with Gasteiger partial charge in [-0.3, -0.25) is 4.79 Å². The zero-order valence-corrected chi connectivity index (χ0v) is 13.8. The van der Waals surface area contributed by atoms with E-state index in [0.29, 0.717) is 5.69 Å². The smallest absolute Gasteiger partial charge is 0.260 e. The molecule has 2 aromatic carbocycles. The van der Waals surface area contributed by atoms with Gasteiger partial charge < -0.3 is 15.4 Å². The molecule has 1 heterocycles. The van der Waals surface area contributed by atoms with Crippen molar-refractivity contribution < 1.29 is 13.9 Å². The van der Waals surface area contributed by atoms with Crippen molar-refractivity contribution in [1.82, 2.24) is 0 Å². The zero-order chi connectivity index (χ0) is 16.9. The second kappa shape index (κ2) is 7.64. The number of ether oxygens (including phenoxy) is 1. The fraction of sp³-hybridized carbons (Fsp3) is 0.278. The van der Waals surface area contributed by atoms with Crippen LogP contribution >= 0.6 is 11.6 Å². The predicted molar refractivity (Wildman–Crippen MR) is 93.3 cm³/mol. The summed E-state index contributed by atoms with van der Waals surface area (Å²) >= 11 is 5.90. The number of anilines is 2. The number of halogens is 2. The monoisotopic (exact) mass is 348 g/mol. The highest BCUT2D eigenvalue weighted by Gasteiger charge is 2.16. The van der Waals surface area contributed by atoms with E-state index in [4.69, 9.17) is 16.3 Å². The molecule has 3 rings (SSSR count). The molecule has 0 spiro atoms. The maximum Gasteiger partial charge on any atom is 0.260 e. The van der Waals surface area contributed by atoms with E-state index in [-0.39, 0.29) is 16.7 Å². The Kier molecular flexibility index (Phi) is 5.33. The summed E-state index contributed by atoms with van der Waals surface area (Å²) in [5.41, 5.74) is 1.36. The summed E-state index contributed by atoms with van der Waals surface area (Å²) in [6.45, 7) is 1.59. The topological polar surface area (TPSA) is 50.4 Å². The number of benzene rings is 2. The van der Waals surface area contributed by atoms with Gasteiger partial charge in [0, 0.05) is 24.5 Å². The second-order valence-electron chi connectivity index (χ2n) is 5.64. The van der Waals surface area contributed by atoms with E-state index in [2.05, 4.69) is 10.6 Å². The van der Waals surface area contributed by atoms with E-state index in [1.54, 1.807) is 12.1 Å². The minimum atomic E-state index is -0.644. The Morgan fingerprint density at radius 1 is 1.21 bits per heavy atom. The average molecular weight is 349 g/mol. The molecule has 2 N–H and O–H groups in total. The number of hydrogen-bond acceptors (Lipinski definition) is 3. The molecule has 24 heavy (non-hydrogen) atoms. The van der Waals surface area contributed by atoms with Gasteiger partial charge in [0.15, 0.2) is 0 Å². The van der Waals surface area contributed by atoms with Crippen molar-refractivity contribution >= 4 is 28.9 Å². The Morgan fingerprint density at radius 2 is 1.96 bits per heavy atom. The minimum absolute atomic E-state index is 0.0855. The normalized spacial score (nSPS) is 16.8. The maximum absolute atomic E-state index is 13.7. The lowest BCUT2D eigenvalue weighted by molar-refractivity contribution is 0.102. The Morgan fingerprint density at radius 3 is 2.62 bits per heavy atom. The molecule has 1 saturated heterocycles. The largest absolute Gasteiger partial charge is 0.382 e. The van der Waals surface area contributed by atoms with E-state index in [0.717, 1.165) is 31.7 Å². The molecule has 1 fully saturated rings. The van der Waals surface area contributed by atoms with Crippen molar-refractivity contribution in [2.45, 2.75) is 18.9 Å². The number of carbonyl (C=O) groups excluding carboxylic acids is 1. The van der Waals surface area contributed by atoms with Gasteiger partial charge in [0.25, 0.3) is 5.91 Å². The van der Waals surface area contributed by atoms with Gasteiger partial charge in [0.05, 0.1) is 16.7 Å². The fourth-order valence-corrected chi connectivity index (χ4v) is 2.87. The molecule has 1 unspecified atom stereocenters. The molecule has 1 amide bonds. The van der Waals surface area contributed by atoms with Crippen LogP contribution in [0.15, 0.2) is 42.5 Å². The lowest BCUT2D eigenvalue weighted by Crippen LogP contribution is -2.18. The Hall–Kier alpha value is -2.11. The van der Waals surface area contributed by atoms with Crippen LogP contribution in [0.5, 0.6) is 0 Å². The Bertz CT molecular complexity index is 695. The summed E-state index contributed by atoms with van der Waals surface area (Å²) < 4.78 is 19.3. The lowest BCUT2D eigenvalue weighted by Gasteiger charge is -2.12. The third kappa shape index (κ3) is 4.04. The summed E-state index contributed by atoms with van der Waals surface area (Å²) in [5.74, 6) is -1.21. The first-order chi connectivity index (χ1) is 11.6. The van der Waals surface area contributed by atoms with Crippen molar-refractivity contribution in [2.75, 3.05) is 23.8 Å². The molecule has 126 valence electrons. The number of hydrogen-bond donors (Lipinski definition) is 2. The molecule has 6 heteroatoms. The van der Waals surface area contributed by atoms with Crippen LogP contribution in [0, 0.1) is 5.82 Å². The molecular weight excluding hydrogens is 331 g/mol. The number of nitrogens with one attached hydrogen (secondary N) is 2. The van der Waals surface area contributed by atoms with Crippen LogP contribution in [0.3, 0.4) is 0 Å². The first kappa shape index (κ1) is 16.7. The first-order valence-corrected chi connectivity index (χ1v) is 8.22. The van der Waals surface area contributed by atoms with Gasteiger partial charge in [0.2, 0.25) is 0 Å². The van der Waals surface area contributed by atoms with E-state index < -0.39 is 11.7 Å².